The SMILES string of the molecule is CC(C)c1ccc(N2C(=S)N[C@H](c3ccccn3)[C@@H]2c2ccc(-c3ccc(C(=O)O)cc3)o2)cc1. The monoisotopic (exact) mass is 483 g/mol. The number of nitrogens with zero attached hydrogens (tertiary/aromatic N) is 2. The molecule has 176 valence electrons. The maximum Gasteiger partial charge on any atom is 0.335 e. The zero-order chi connectivity index (χ0) is 24.5. The van der Waals surface area contributed by atoms with Gasteiger partial charge in [-0.25, -0.2) is 4.79 Å². The number of carbonyl (C=O) groups is 1. The van der Waals surface area contributed by atoms with Gasteiger partial charge in [0.05, 0.1) is 17.3 Å². The molecule has 3 heterocycles. The Bertz CT molecular complexity index is 1350. The Morgan fingerprint density at radius 2 is 1.77 bits per heavy atom. The molecule has 35 heavy (non-hydrogen) atoms. The van der Waals surface area contributed by atoms with Crippen LogP contribution in [0, 0.1) is 0 Å². The maximum absolute atomic E-state index is 11.2. The maximum atomic E-state index is 11.2. The smallest absolute Gasteiger partial charge is 0.335 e. The molecule has 6 nitrogen and oxygen atoms in total. The quantitative estimate of drug-likeness (QED) is 0.310. The molecule has 2 aromatic heterocycles. The summed E-state index contributed by atoms with van der Waals surface area (Å²) in [5.41, 5.74) is 4.13. The van der Waals surface area contributed by atoms with E-state index in [1.165, 1.54) is 5.56 Å². The minimum absolute atomic E-state index is 0.207. The van der Waals surface area contributed by atoms with Crippen LogP contribution in [-0.4, -0.2) is 21.2 Å². The Labute approximate surface area is 209 Å². The van der Waals surface area contributed by atoms with E-state index >= 15 is 0 Å². The topological polar surface area (TPSA) is 78.6 Å². The first-order chi connectivity index (χ1) is 16.9. The second-order valence-corrected chi connectivity index (χ2v) is 9.21. The third kappa shape index (κ3) is 4.42. The molecule has 0 saturated carbocycles. The third-order valence-electron chi connectivity index (χ3n) is 6.27. The van der Waals surface area contributed by atoms with Gasteiger partial charge in [-0.2, -0.15) is 0 Å². The summed E-state index contributed by atoms with van der Waals surface area (Å²) in [6.45, 7) is 4.34. The summed E-state index contributed by atoms with van der Waals surface area (Å²) in [4.78, 5) is 17.9. The molecule has 7 heteroatoms. The molecule has 0 radical (unpaired) electrons. The van der Waals surface area contributed by atoms with Crippen molar-refractivity contribution in [2.75, 3.05) is 4.90 Å². The van der Waals surface area contributed by atoms with Crippen molar-refractivity contribution >= 4 is 29.0 Å². The van der Waals surface area contributed by atoms with E-state index < -0.39 is 5.97 Å². The molecule has 0 aliphatic carbocycles. The highest BCUT2D eigenvalue weighted by molar-refractivity contribution is 7.80. The molecule has 1 saturated heterocycles. The summed E-state index contributed by atoms with van der Waals surface area (Å²) in [5.74, 6) is 0.868. The molecule has 5 rings (SSSR count). The lowest BCUT2D eigenvalue weighted by molar-refractivity contribution is 0.0697. The molecule has 0 amide bonds. The normalized spacial score (nSPS) is 17.6. The van der Waals surface area contributed by atoms with Crippen molar-refractivity contribution < 1.29 is 14.3 Å². The van der Waals surface area contributed by atoms with Gasteiger partial charge in [0.1, 0.15) is 17.6 Å². The number of carboxylic acid groups (broad SMARTS) is 1. The molecular weight excluding hydrogens is 458 g/mol. The van der Waals surface area contributed by atoms with Crippen LogP contribution in [0.2, 0.25) is 0 Å². The van der Waals surface area contributed by atoms with Crippen LogP contribution in [0.3, 0.4) is 0 Å². The minimum Gasteiger partial charge on any atom is -0.478 e. The van der Waals surface area contributed by atoms with Crippen LogP contribution in [-0.2, 0) is 0 Å². The standard InChI is InChI=1S/C28H25N3O3S/c1-17(2)18-10-12-21(13-11-18)31-26(25(30-28(31)35)22-5-3-4-16-29-22)24-15-14-23(34-24)19-6-8-20(9-7-19)27(32)33/h3-17,25-26H,1-2H3,(H,30,35)(H,32,33)/t25-,26+/m1/s1. The lowest BCUT2D eigenvalue weighted by Gasteiger charge is -2.26. The predicted molar refractivity (Wildman–Crippen MR) is 140 cm³/mol. The van der Waals surface area contributed by atoms with Gasteiger partial charge in [-0.05, 0) is 72.2 Å². The number of nitrogens with one attached hydrogen (secondary N) is 1. The first kappa shape index (κ1) is 22.8. The van der Waals surface area contributed by atoms with E-state index in [-0.39, 0.29) is 17.6 Å². The number of benzene rings is 2. The largest absolute Gasteiger partial charge is 0.478 e. The Morgan fingerprint density at radius 3 is 2.40 bits per heavy atom. The molecule has 2 atom stereocenters. The van der Waals surface area contributed by atoms with E-state index in [0.717, 1.165) is 22.7 Å². The molecule has 1 fully saturated rings. The van der Waals surface area contributed by atoms with Gasteiger partial charge in [-0.3, -0.25) is 4.98 Å². The number of furan rings is 1. The van der Waals surface area contributed by atoms with Gasteiger partial charge in [0.15, 0.2) is 5.11 Å². The Hall–Kier alpha value is -3.97. The van der Waals surface area contributed by atoms with Crippen molar-refractivity contribution in [3.05, 3.63) is 108 Å². The second kappa shape index (κ2) is 9.35. The van der Waals surface area contributed by atoms with Crippen LogP contribution in [0.4, 0.5) is 5.69 Å². The van der Waals surface area contributed by atoms with Crippen LogP contribution in [0.5, 0.6) is 0 Å². The average molecular weight is 484 g/mol. The van der Waals surface area contributed by atoms with Gasteiger partial charge in [-0.1, -0.05) is 44.2 Å². The van der Waals surface area contributed by atoms with E-state index in [2.05, 4.69) is 53.3 Å². The van der Waals surface area contributed by atoms with Gasteiger partial charge in [0, 0.05) is 17.4 Å². The van der Waals surface area contributed by atoms with Gasteiger partial charge in [-0.15, -0.1) is 0 Å². The summed E-state index contributed by atoms with van der Waals surface area (Å²) < 4.78 is 6.35. The van der Waals surface area contributed by atoms with Gasteiger partial charge in [0.2, 0.25) is 0 Å². The van der Waals surface area contributed by atoms with Crippen LogP contribution in [0.1, 0.15) is 59.2 Å². The Morgan fingerprint density at radius 1 is 1.03 bits per heavy atom. The summed E-state index contributed by atoms with van der Waals surface area (Å²) in [6.07, 6.45) is 1.77. The molecule has 2 aromatic carbocycles. The highest BCUT2D eigenvalue weighted by Crippen LogP contribution is 2.43. The number of thiocarbonyl (C=S) groups is 1. The number of hydrogen-bond acceptors (Lipinski definition) is 4. The lowest BCUT2D eigenvalue weighted by Crippen LogP contribution is -2.29. The van der Waals surface area contributed by atoms with Gasteiger partial charge >= 0.3 is 5.97 Å². The van der Waals surface area contributed by atoms with Crippen molar-refractivity contribution in [1.82, 2.24) is 10.3 Å². The molecule has 0 unspecified atom stereocenters. The highest BCUT2D eigenvalue weighted by Gasteiger charge is 2.42. The fourth-order valence-electron chi connectivity index (χ4n) is 4.39. The van der Waals surface area contributed by atoms with E-state index in [9.17, 15) is 9.90 Å². The Balaban J connectivity index is 1.55. The number of anilines is 1. The van der Waals surface area contributed by atoms with Gasteiger partial charge in [0.25, 0.3) is 0 Å². The molecule has 1 aliphatic rings. The molecule has 2 N–H and O–H groups in total. The van der Waals surface area contributed by atoms with Crippen molar-refractivity contribution in [2.45, 2.75) is 31.8 Å². The van der Waals surface area contributed by atoms with Crippen LogP contribution < -0.4 is 10.2 Å². The zero-order valence-electron chi connectivity index (χ0n) is 19.4. The average Bonchev–Trinajstić information content (AvgIpc) is 3.49. The summed E-state index contributed by atoms with van der Waals surface area (Å²) in [7, 11) is 0. The number of pyridine rings is 1. The third-order valence-corrected chi connectivity index (χ3v) is 6.59. The van der Waals surface area contributed by atoms with Crippen LogP contribution in [0.25, 0.3) is 11.3 Å². The summed E-state index contributed by atoms with van der Waals surface area (Å²) in [6, 6.07) is 24.3. The fourth-order valence-corrected chi connectivity index (χ4v) is 4.73. The molecule has 1 aliphatic heterocycles. The number of carboxylic acids is 1. The fraction of sp³-hybridized carbons (Fsp3) is 0.179. The number of aromatic nitrogens is 1. The van der Waals surface area contributed by atoms with E-state index in [1.807, 2.05) is 30.3 Å². The first-order valence-electron chi connectivity index (χ1n) is 11.5. The first-order valence-corrected chi connectivity index (χ1v) is 11.9. The van der Waals surface area contributed by atoms with Crippen molar-refractivity contribution in [3.63, 3.8) is 0 Å². The van der Waals surface area contributed by atoms with E-state index in [1.54, 1.807) is 30.5 Å². The summed E-state index contributed by atoms with van der Waals surface area (Å²) in [5, 5.41) is 13.2. The molecule has 4 aromatic rings. The number of hydrogen-bond donors (Lipinski definition) is 2. The Kier molecular flexibility index (Phi) is 6.09. The molecule has 0 spiro atoms. The highest BCUT2D eigenvalue weighted by atomic mass is 32.1. The van der Waals surface area contributed by atoms with E-state index in [0.29, 0.717) is 16.8 Å². The van der Waals surface area contributed by atoms with Crippen LogP contribution in [0.15, 0.2) is 89.5 Å². The lowest BCUT2D eigenvalue weighted by atomic mass is 10.0. The van der Waals surface area contributed by atoms with Crippen molar-refractivity contribution in [1.29, 1.82) is 0 Å². The minimum atomic E-state index is -0.959. The predicted octanol–water partition coefficient (Wildman–Crippen LogP) is 6.34. The second-order valence-electron chi connectivity index (χ2n) is 8.83. The van der Waals surface area contributed by atoms with Crippen molar-refractivity contribution in [2.24, 2.45) is 0 Å². The van der Waals surface area contributed by atoms with E-state index in [4.69, 9.17) is 16.6 Å². The van der Waals surface area contributed by atoms with Gasteiger partial charge < -0.3 is 19.7 Å². The summed E-state index contributed by atoms with van der Waals surface area (Å²) >= 11 is 5.79. The number of aromatic carboxylic acids is 1. The molecule has 0 bridgehead atoms. The number of rotatable bonds is 6. The molecular formula is C28H25N3O3S. The zero-order valence-corrected chi connectivity index (χ0v) is 20.2. The van der Waals surface area contributed by atoms with Crippen molar-refractivity contribution in [3.8, 4) is 11.3 Å². The van der Waals surface area contributed by atoms with Crippen LogP contribution >= 0.6 is 12.2 Å².